The van der Waals surface area contributed by atoms with E-state index in [4.69, 9.17) is 104 Å². The fourth-order valence-electron chi connectivity index (χ4n) is 12.6. The van der Waals surface area contributed by atoms with E-state index in [2.05, 4.69) is 63.8 Å². The normalized spacial score (nSPS) is 13.6. The molecule has 54 nitrogen and oxygen atoms in total. The van der Waals surface area contributed by atoms with Crippen molar-refractivity contribution in [3.8, 4) is 0 Å². The van der Waals surface area contributed by atoms with Crippen molar-refractivity contribution in [1.82, 2.24) is 73.6 Å². The highest BCUT2D eigenvalue weighted by molar-refractivity contribution is 6.19. The molecule has 0 saturated carbocycles. The summed E-state index contributed by atoms with van der Waals surface area (Å²) in [6.07, 6.45) is 2.53. The molecule has 0 spiro atoms. The molecule has 0 aromatic rings. The zero-order valence-corrected chi connectivity index (χ0v) is 88.6. The fraction of sp³-hybridized carbons (Fsp3) is 0.771. The average Bonchev–Trinajstić information content (AvgIpc) is 1.60. The zero-order chi connectivity index (χ0) is 110. The van der Waals surface area contributed by atoms with E-state index in [1.807, 2.05) is 0 Å². The third kappa shape index (κ3) is 72.9. The second kappa shape index (κ2) is 87.0. The Morgan fingerprint density at radius 3 is 0.720 bits per heavy atom. The second-order valence-corrected chi connectivity index (χ2v) is 34.9. The van der Waals surface area contributed by atoms with Crippen LogP contribution in [0.25, 0.3) is 0 Å². The molecule has 150 heavy (non-hydrogen) atoms. The van der Waals surface area contributed by atoms with E-state index in [9.17, 15) is 86.3 Å². The van der Waals surface area contributed by atoms with Crippen LogP contribution in [0.1, 0.15) is 120 Å². The van der Waals surface area contributed by atoms with E-state index < -0.39 is 206 Å². The van der Waals surface area contributed by atoms with Crippen LogP contribution in [-0.2, 0) is 191 Å². The zero-order valence-electron chi connectivity index (χ0n) is 88.6. The van der Waals surface area contributed by atoms with E-state index in [0.29, 0.717) is 195 Å². The highest BCUT2D eigenvalue weighted by Crippen LogP contribution is 2.22. The van der Waals surface area contributed by atoms with Gasteiger partial charge in [-0.2, -0.15) is 0 Å². The first kappa shape index (κ1) is 136. The molecule has 0 aliphatic carbocycles. The van der Waals surface area contributed by atoms with Gasteiger partial charge in [-0.25, -0.2) is 9.59 Å². The Morgan fingerprint density at radius 2 is 0.480 bits per heavy atom. The molecule has 858 valence electrons. The SMILES string of the molecule is COCCOCCOCCOCCOCCOCCOCCOCCOCCOCC(=O)NCCCC[C@H](NC(=O)CCCNC(=O)[C@H]([C@@H](C(=O)NCCCC(=O)N[C@@H](CCCCNC(=O)COCCOCCOCCOCCOCCOCCOCCOCCOCCOC)C(=O)NCC(=O)NCC(=O)N[C@@H](C)C(=O)OC(C)(C)C)N1C(=O)C=CC1=O)N1C(=O)C=CC1=O)C(=O)NCC(=O)NCC(=O)N[C@@H](C)C(=O)OC(C)(C)C. The van der Waals surface area contributed by atoms with E-state index in [0.717, 1.165) is 24.3 Å². The Morgan fingerprint density at radius 1 is 0.253 bits per heavy atom. The van der Waals surface area contributed by atoms with Crippen LogP contribution in [0.4, 0.5) is 0 Å². The van der Waals surface area contributed by atoms with Gasteiger partial charge in [-0.3, -0.25) is 86.5 Å². The van der Waals surface area contributed by atoms with Gasteiger partial charge < -0.3 is 168 Å². The first-order valence-electron chi connectivity index (χ1n) is 50.4. The summed E-state index contributed by atoms with van der Waals surface area (Å²) in [5.74, 6) is -15.9. The molecule has 2 heterocycles. The van der Waals surface area contributed by atoms with Gasteiger partial charge in [0.25, 0.3) is 23.6 Å². The molecule has 0 fully saturated rings. The van der Waals surface area contributed by atoms with Crippen LogP contribution in [0.15, 0.2) is 24.3 Å². The predicted molar refractivity (Wildman–Crippen MR) is 529 cm³/mol. The van der Waals surface area contributed by atoms with Crippen LogP contribution in [0.5, 0.6) is 0 Å². The van der Waals surface area contributed by atoms with Crippen molar-refractivity contribution in [1.29, 1.82) is 0 Å². The molecule has 16 amide bonds. The number of hydrogen-bond donors (Lipinski definition) is 12. The highest BCUT2D eigenvalue weighted by atomic mass is 16.6. The summed E-state index contributed by atoms with van der Waals surface area (Å²) in [4.78, 5) is 240. The van der Waals surface area contributed by atoms with Gasteiger partial charge in [0.2, 0.25) is 70.9 Å². The van der Waals surface area contributed by atoms with E-state index >= 15 is 0 Å². The molecule has 2 aliphatic rings. The first-order chi connectivity index (χ1) is 72.1. The molecule has 6 atom stereocenters. The minimum absolute atomic E-state index is 0.0659. The van der Waals surface area contributed by atoms with Crippen molar-refractivity contribution >= 4 is 106 Å². The van der Waals surface area contributed by atoms with Crippen LogP contribution in [0.2, 0.25) is 0 Å². The number of ether oxygens (including phenoxy) is 22. The molecule has 0 saturated heterocycles. The maximum Gasteiger partial charge on any atom is 0.328 e. The van der Waals surface area contributed by atoms with Crippen LogP contribution in [-0.4, -0.2) is 481 Å². The van der Waals surface area contributed by atoms with Crippen molar-refractivity contribution in [3.05, 3.63) is 24.3 Å². The Hall–Kier alpha value is -10.5. The Labute approximate surface area is 876 Å². The van der Waals surface area contributed by atoms with Gasteiger partial charge in [0, 0.05) is 77.5 Å². The molecule has 54 heteroatoms. The lowest BCUT2D eigenvalue weighted by molar-refractivity contribution is -0.158. The number of nitrogens with one attached hydrogen (secondary N) is 12. The van der Waals surface area contributed by atoms with Crippen molar-refractivity contribution in [2.24, 2.45) is 0 Å². The quantitative estimate of drug-likeness (QED) is 0.0154. The van der Waals surface area contributed by atoms with Gasteiger partial charge in [-0.15, -0.1) is 0 Å². The summed E-state index contributed by atoms with van der Waals surface area (Å²) < 4.78 is 119. The molecule has 0 bridgehead atoms. The maximum atomic E-state index is 14.5. The molecule has 0 aromatic heterocycles. The van der Waals surface area contributed by atoms with Gasteiger partial charge in [0.15, 0.2) is 0 Å². The predicted octanol–water partition coefficient (Wildman–Crippen LogP) is -5.34. The molecule has 2 rings (SSSR count). The Balaban J connectivity index is 2.01. The standard InChI is InChI=1S/C96H164N14O40/c1-71(93(127)149-95(3,4)5)105-79(115)67-101-77(113)65-103-89(123)73(17-11-13-25-97-81(117)69-147-63-61-145-59-57-143-55-53-141-51-49-139-47-45-137-43-41-135-39-37-133-35-33-131-31-29-129-9)107-75(111)19-15-27-99-91(125)87(109-83(119)21-22-84(109)120)88(110-85(121)23-24-86(110)122)92(126)100-28-16-20-76(112)108-74(90(124)104-66-78(114)102-68-80(116)106-72(2)94(128)150-96(6,7)8)18-12-14-26-98-82(118)70-148-64-62-146-60-58-144-56-54-142-52-50-140-48-46-138-44-42-136-40-38-134-36-34-132-32-30-130-10/h21-24,71-74,87-88H,11-20,25-70H2,1-10H3,(H,97,117)(H,98,118)(H,99,125)(H,100,126)(H,101,113)(H,102,114)(H,103,123)(H,104,124)(H,105,115)(H,106,116)(H,107,111)(H,108,112)/t71-,72-,73-,74-,87-,88-/m0/s1. The number of hydrogen-bond acceptors (Lipinski definition) is 40. The molecule has 0 radical (unpaired) electrons. The van der Waals surface area contributed by atoms with Crippen molar-refractivity contribution in [2.45, 2.75) is 167 Å². The summed E-state index contributed by atoms with van der Waals surface area (Å²) in [6.45, 7) is 22.3. The lowest BCUT2D eigenvalue weighted by Gasteiger charge is -2.35. The largest absolute Gasteiger partial charge is 0.458 e. The number of imide groups is 2. The number of carbonyl (C=O) groups is 18. The monoisotopic (exact) mass is 2150 g/mol. The molecule has 0 unspecified atom stereocenters. The summed E-state index contributed by atoms with van der Waals surface area (Å²) in [5.41, 5.74) is -1.70. The number of nitrogens with zero attached hydrogens (tertiary/aromatic N) is 2. The summed E-state index contributed by atoms with van der Waals surface area (Å²) in [5, 5.41) is 29.7. The third-order valence-corrected chi connectivity index (χ3v) is 19.9. The number of carbonyl (C=O) groups excluding carboxylic acids is 18. The van der Waals surface area contributed by atoms with E-state index in [1.165, 1.54) is 13.8 Å². The lowest BCUT2D eigenvalue weighted by Crippen LogP contribution is -2.66. The van der Waals surface area contributed by atoms with Gasteiger partial charge in [0.1, 0.15) is 60.7 Å². The summed E-state index contributed by atoms with van der Waals surface area (Å²) >= 11 is 0. The van der Waals surface area contributed by atoms with Crippen LogP contribution < -0.4 is 63.8 Å². The number of esters is 2. The number of amides is 16. The maximum absolute atomic E-state index is 14.5. The highest BCUT2D eigenvalue weighted by Gasteiger charge is 2.50. The second-order valence-electron chi connectivity index (χ2n) is 34.9. The Bertz CT molecular complexity index is 3680. The minimum atomic E-state index is -2.28. The van der Waals surface area contributed by atoms with Crippen LogP contribution >= 0.6 is 0 Å². The Kier molecular flexibility index (Phi) is 78.7. The van der Waals surface area contributed by atoms with Gasteiger partial charge in [-0.05, 0) is 107 Å². The smallest absolute Gasteiger partial charge is 0.328 e. The van der Waals surface area contributed by atoms with Gasteiger partial charge in [0.05, 0.1) is 264 Å². The van der Waals surface area contributed by atoms with Crippen LogP contribution in [0, 0.1) is 0 Å². The average molecular weight is 2150 g/mol. The molecular formula is C96H164N14O40. The summed E-state index contributed by atoms with van der Waals surface area (Å²) in [6, 6.07) is -9.40. The van der Waals surface area contributed by atoms with E-state index in [1.54, 1.807) is 55.8 Å². The lowest BCUT2D eigenvalue weighted by atomic mass is 10.0. The summed E-state index contributed by atoms with van der Waals surface area (Å²) in [7, 11) is 3.22. The van der Waals surface area contributed by atoms with Gasteiger partial charge >= 0.3 is 11.9 Å². The third-order valence-electron chi connectivity index (χ3n) is 19.9. The van der Waals surface area contributed by atoms with Crippen molar-refractivity contribution in [3.63, 3.8) is 0 Å². The van der Waals surface area contributed by atoms with Crippen molar-refractivity contribution < 1.29 is 191 Å². The number of methoxy groups -OCH3 is 2. The number of rotatable bonds is 97. The number of unbranched alkanes of at least 4 members (excludes halogenated alkanes) is 2. The van der Waals surface area contributed by atoms with Gasteiger partial charge in [-0.1, -0.05) is 0 Å². The topological polar surface area (TPSA) is 661 Å². The minimum Gasteiger partial charge on any atom is -0.458 e. The molecule has 0 aromatic carbocycles. The van der Waals surface area contributed by atoms with Crippen LogP contribution in [0.3, 0.4) is 0 Å². The van der Waals surface area contributed by atoms with Crippen molar-refractivity contribution in [2.75, 3.05) is 318 Å². The van der Waals surface area contributed by atoms with E-state index in [-0.39, 0.29) is 131 Å². The first-order valence-corrected chi connectivity index (χ1v) is 50.4. The molecule has 12 N–H and O–H groups in total. The molecular weight excluding hydrogens is 1990 g/mol. The fourth-order valence-corrected chi connectivity index (χ4v) is 12.6. The molecule has 2 aliphatic heterocycles.